The van der Waals surface area contributed by atoms with Crippen molar-refractivity contribution < 1.29 is 14.7 Å². The highest BCUT2D eigenvalue weighted by atomic mass is 16.4. The number of carboxylic acid groups (broad SMARTS) is 1. The Morgan fingerprint density at radius 3 is 2.74 bits per heavy atom. The summed E-state index contributed by atoms with van der Waals surface area (Å²) in [7, 11) is 1.99. The molecular formula is C21H17N3O3. The van der Waals surface area contributed by atoms with E-state index in [1.54, 1.807) is 19.1 Å². The van der Waals surface area contributed by atoms with E-state index in [0.717, 1.165) is 16.5 Å². The third-order valence-electron chi connectivity index (χ3n) is 4.62. The second kappa shape index (κ2) is 6.25. The third-order valence-corrected chi connectivity index (χ3v) is 4.62. The SMILES string of the molecule is CC1=NN(c2cccc(C(=O)O)c2)C(=O)/C1=C\c1ccc2c(ccn2C)c1. The van der Waals surface area contributed by atoms with E-state index >= 15 is 0 Å². The molecule has 2 heterocycles. The number of hydrazone groups is 1. The molecule has 0 unspecified atom stereocenters. The van der Waals surface area contributed by atoms with Crippen molar-refractivity contribution in [3.8, 4) is 0 Å². The molecule has 1 N–H and O–H groups in total. The number of amides is 1. The van der Waals surface area contributed by atoms with Crippen LogP contribution < -0.4 is 5.01 Å². The van der Waals surface area contributed by atoms with Crippen LogP contribution in [0.25, 0.3) is 17.0 Å². The van der Waals surface area contributed by atoms with E-state index in [-0.39, 0.29) is 11.5 Å². The van der Waals surface area contributed by atoms with Crippen LogP contribution in [-0.4, -0.2) is 27.3 Å². The lowest BCUT2D eigenvalue weighted by Gasteiger charge is -2.12. The molecule has 0 radical (unpaired) electrons. The first-order chi connectivity index (χ1) is 12.9. The molecule has 0 spiro atoms. The van der Waals surface area contributed by atoms with Crippen LogP contribution in [-0.2, 0) is 11.8 Å². The molecule has 0 fully saturated rings. The topological polar surface area (TPSA) is 74.9 Å². The van der Waals surface area contributed by atoms with Crippen LogP contribution in [0, 0.1) is 0 Å². The smallest absolute Gasteiger partial charge is 0.335 e. The number of anilines is 1. The van der Waals surface area contributed by atoms with Gasteiger partial charge in [-0.2, -0.15) is 10.1 Å². The van der Waals surface area contributed by atoms with Crippen LogP contribution in [0.4, 0.5) is 5.69 Å². The van der Waals surface area contributed by atoms with Gasteiger partial charge in [0.1, 0.15) is 0 Å². The minimum Gasteiger partial charge on any atom is -0.478 e. The molecule has 1 aliphatic heterocycles. The molecule has 0 atom stereocenters. The molecule has 3 aromatic rings. The fourth-order valence-electron chi connectivity index (χ4n) is 3.19. The van der Waals surface area contributed by atoms with Gasteiger partial charge in [0.2, 0.25) is 0 Å². The molecule has 1 aromatic heterocycles. The first kappa shape index (κ1) is 16.8. The predicted molar refractivity (Wildman–Crippen MR) is 105 cm³/mol. The van der Waals surface area contributed by atoms with Gasteiger partial charge in [-0.25, -0.2) is 4.79 Å². The summed E-state index contributed by atoms with van der Waals surface area (Å²) in [6.45, 7) is 1.77. The number of fused-ring (bicyclic) bond motifs is 1. The zero-order valence-electron chi connectivity index (χ0n) is 14.9. The number of nitrogens with zero attached hydrogens (tertiary/aromatic N) is 3. The Kier molecular flexibility index (Phi) is 3.88. The lowest BCUT2D eigenvalue weighted by Crippen LogP contribution is -2.21. The molecule has 134 valence electrons. The van der Waals surface area contributed by atoms with Gasteiger partial charge < -0.3 is 9.67 Å². The standard InChI is InChI=1S/C21H17N3O3/c1-13-18(11-14-6-7-19-15(10-14)8-9-23(19)2)20(25)24(22-13)17-5-3-4-16(12-17)21(26)27/h3-12H,1-2H3,(H,26,27)/b18-11-. The lowest BCUT2D eigenvalue weighted by molar-refractivity contribution is -0.114. The van der Waals surface area contributed by atoms with Crippen LogP contribution in [0.2, 0.25) is 0 Å². The number of carboxylic acids is 1. The number of aromatic nitrogens is 1. The number of rotatable bonds is 3. The summed E-state index contributed by atoms with van der Waals surface area (Å²) in [6.07, 6.45) is 3.81. The first-order valence-corrected chi connectivity index (χ1v) is 8.44. The quantitative estimate of drug-likeness (QED) is 0.725. The van der Waals surface area contributed by atoms with Gasteiger partial charge in [0, 0.05) is 24.1 Å². The maximum Gasteiger partial charge on any atom is 0.335 e. The summed E-state index contributed by atoms with van der Waals surface area (Å²) in [5, 5.41) is 15.8. The molecule has 0 saturated heterocycles. The first-order valence-electron chi connectivity index (χ1n) is 8.44. The summed E-state index contributed by atoms with van der Waals surface area (Å²) >= 11 is 0. The average molecular weight is 359 g/mol. The molecule has 4 rings (SSSR count). The summed E-state index contributed by atoms with van der Waals surface area (Å²) in [5.41, 5.74) is 3.65. The minimum atomic E-state index is -1.05. The molecule has 0 bridgehead atoms. The number of hydrogen-bond donors (Lipinski definition) is 1. The van der Waals surface area contributed by atoms with Gasteiger partial charge in [-0.1, -0.05) is 12.1 Å². The van der Waals surface area contributed by atoms with E-state index in [0.29, 0.717) is 17.0 Å². The van der Waals surface area contributed by atoms with Gasteiger partial charge in [0.25, 0.3) is 5.91 Å². The number of aromatic carboxylic acids is 1. The van der Waals surface area contributed by atoms with E-state index in [1.807, 2.05) is 48.2 Å². The van der Waals surface area contributed by atoms with Crippen molar-refractivity contribution in [1.82, 2.24) is 4.57 Å². The largest absolute Gasteiger partial charge is 0.478 e. The third kappa shape index (κ3) is 2.91. The van der Waals surface area contributed by atoms with Crippen LogP contribution in [0.1, 0.15) is 22.8 Å². The molecule has 0 aliphatic carbocycles. The van der Waals surface area contributed by atoms with Gasteiger partial charge in [-0.05, 0) is 55.0 Å². The highest BCUT2D eigenvalue weighted by Gasteiger charge is 2.29. The van der Waals surface area contributed by atoms with Gasteiger partial charge >= 0.3 is 5.97 Å². The number of benzene rings is 2. The van der Waals surface area contributed by atoms with Gasteiger partial charge in [-0.3, -0.25) is 4.79 Å². The van der Waals surface area contributed by atoms with Crippen molar-refractivity contribution in [3.05, 3.63) is 71.4 Å². The Balaban J connectivity index is 1.69. The zero-order valence-corrected chi connectivity index (χ0v) is 14.9. The molecule has 2 aromatic carbocycles. The molecule has 27 heavy (non-hydrogen) atoms. The molecule has 1 amide bonds. The molecule has 6 heteroatoms. The van der Waals surface area contributed by atoms with Crippen molar-refractivity contribution in [2.45, 2.75) is 6.92 Å². The fraction of sp³-hybridized carbons (Fsp3) is 0.0952. The Hall–Kier alpha value is -3.67. The summed E-state index contributed by atoms with van der Waals surface area (Å²) in [4.78, 5) is 24.0. The van der Waals surface area contributed by atoms with Crippen molar-refractivity contribution >= 4 is 40.3 Å². The predicted octanol–water partition coefficient (Wildman–Crippen LogP) is 3.68. The highest BCUT2D eigenvalue weighted by Crippen LogP contribution is 2.26. The van der Waals surface area contributed by atoms with E-state index in [2.05, 4.69) is 5.10 Å². The number of aryl methyl sites for hydroxylation is 1. The molecule has 0 saturated carbocycles. The summed E-state index contributed by atoms with van der Waals surface area (Å²) < 4.78 is 2.04. The molecular weight excluding hydrogens is 342 g/mol. The monoisotopic (exact) mass is 359 g/mol. The zero-order chi connectivity index (χ0) is 19.1. The van der Waals surface area contributed by atoms with Gasteiger partial charge in [0.15, 0.2) is 0 Å². The maximum absolute atomic E-state index is 12.9. The van der Waals surface area contributed by atoms with Crippen LogP contribution in [0.5, 0.6) is 0 Å². The normalized spacial score (nSPS) is 15.6. The minimum absolute atomic E-state index is 0.111. The Morgan fingerprint density at radius 2 is 1.96 bits per heavy atom. The highest BCUT2D eigenvalue weighted by molar-refractivity contribution is 6.32. The molecule has 1 aliphatic rings. The van der Waals surface area contributed by atoms with Gasteiger partial charge in [0.05, 0.1) is 22.5 Å². The van der Waals surface area contributed by atoms with Gasteiger partial charge in [-0.15, -0.1) is 0 Å². The Morgan fingerprint density at radius 1 is 1.15 bits per heavy atom. The number of carbonyl (C=O) groups excluding carboxylic acids is 1. The average Bonchev–Trinajstić information content (AvgIpc) is 3.16. The number of hydrogen-bond acceptors (Lipinski definition) is 3. The van der Waals surface area contributed by atoms with Crippen LogP contribution in [0.3, 0.4) is 0 Å². The van der Waals surface area contributed by atoms with E-state index in [4.69, 9.17) is 5.11 Å². The second-order valence-corrected chi connectivity index (χ2v) is 6.46. The van der Waals surface area contributed by atoms with Crippen molar-refractivity contribution in [1.29, 1.82) is 0 Å². The van der Waals surface area contributed by atoms with Crippen molar-refractivity contribution in [2.24, 2.45) is 12.1 Å². The lowest BCUT2D eigenvalue weighted by atomic mass is 10.1. The maximum atomic E-state index is 12.9. The van der Waals surface area contributed by atoms with Crippen LogP contribution in [0.15, 0.2) is 65.4 Å². The van der Waals surface area contributed by atoms with Crippen molar-refractivity contribution in [3.63, 3.8) is 0 Å². The van der Waals surface area contributed by atoms with Crippen molar-refractivity contribution in [2.75, 3.05) is 5.01 Å². The van der Waals surface area contributed by atoms with E-state index < -0.39 is 5.97 Å². The number of carbonyl (C=O) groups is 2. The summed E-state index contributed by atoms with van der Waals surface area (Å²) in [6, 6.07) is 14.2. The van der Waals surface area contributed by atoms with E-state index in [1.165, 1.54) is 17.1 Å². The molecule has 6 nitrogen and oxygen atoms in total. The Labute approximate surface area is 155 Å². The van der Waals surface area contributed by atoms with Crippen LogP contribution >= 0.6 is 0 Å². The fourth-order valence-corrected chi connectivity index (χ4v) is 3.19. The summed E-state index contributed by atoms with van der Waals surface area (Å²) in [5.74, 6) is -1.32. The Bertz CT molecular complexity index is 1150. The van der Waals surface area contributed by atoms with E-state index in [9.17, 15) is 9.59 Å². The second-order valence-electron chi connectivity index (χ2n) is 6.46.